The molecular weight excluding hydrogens is 402 g/mol. The van der Waals surface area contributed by atoms with Gasteiger partial charge in [-0.3, -0.25) is 4.79 Å². The largest absolute Gasteiger partial charge is 0.342 e. The molecule has 0 radical (unpaired) electrons. The molecule has 0 spiro atoms. The Balaban J connectivity index is 1.57. The maximum absolute atomic E-state index is 13.2. The summed E-state index contributed by atoms with van der Waals surface area (Å²) in [5.41, 5.74) is 1.65. The molecule has 0 aliphatic carbocycles. The fraction of sp³-hybridized carbons (Fsp3) is 0.429. The first kappa shape index (κ1) is 20.5. The van der Waals surface area contributed by atoms with Crippen molar-refractivity contribution in [1.82, 2.24) is 24.5 Å². The number of fused-ring (bicyclic) bond motifs is 1. The Bertz CT molecular complexity index is 1150. The van der Waals surface area contributed by atoms with Crippen molar-refractivity contribution >= 4 is 21.5 Å². The van der Waals surface area contributed by atoms with Gasteiger partial charge in [0.2, 0.25) is 5.91 Å². The Morgan fingerprint density at radius 2 is 1.87 bits per heavy atom. The maximum Gasteiger partial charge on any atom is 0.252 e. The number of likely N-dealkylation sites (tertiary alicyclic amines) is 1. The Morgan fingerprint density at radius 3 is 2.50 bits per heavy atom. The van der Waals surface area contributed by atoms with Gasteiger partial charge in [-0.1, -0.05) is 37.3 Å². The predicted octanol–water partition coefficient (Wildman–Crippen LogP) is 2.43. The highest BCUT2D eigenvalue weighted by Gasteiger charge is 2.32. The number of amides is 1. The molecule has 3 heterocycles. The fourth-order valence-electron chi connectivity index (χ4n) is 4.27. The Hall–Kier alpha value is -2.81. The Labute approximate surface area is 175 Å². The zero-order valence-electron chi connectivity index (χ0n) is 17.1. The zero-order valence-corrected chi connectivity index (χ0v) is 17.9. The minimum absolute atomic E-state index is 0.0391. The Kier molecular flexibility index (Phi) is 5.55. The molecule has 8 nitrogen and oxygen atoms in total. The molecule has 0 bridgehead atoms. The molecule has 1 aromatic carbocycles. The van der Waals surface area contributed by atoms with Crippen LogP contribution in [0, 0.1) is 0 Å². The van der Waals surface area contributed by atoms with E-state index in [2.05, 4.69) is 15.1 Å². The molecule has 9 heteroatoms. The topological polar surface area (TPSA) is 97.5 Å². The van der Waals surface area contributed by atoms with Crippen LogP contribution in [-0.4, -0.2) is 58.2 Å². The predicted molar refractivity (Wildman–Crippen MR) is 112 cm³/mol. The molecule has 1 fully saturated rings. The SMILES string of the molecule is CC[C@@H](C(=O)N1CCC(c2c(S(C)(=O)=O)cnc3ncnn23)CC1)c1ccccc1. The summed E-state index contributed by atoms with van der Waals surface area (Å²) in [5, 5.41) is 4.20. The average Bonchev–Trinajstić information content (AvgIpc) is 3.23. The van der Waals surface area contributed by atoms with E-state index in [0.717, 1.165) is 12.0 Å². The van der Waals surface area contributed by atoms with Gasteiger partial charge in [0.15, 0.2) is 9.84 Å². The van der Waals surface area contributed by atoms with Crippen molar-refractivity contribution in [2.45, 2.75) is 42.9 Å². The molecule has 158 valence electrons. The maximum atomic E-state index is 13.2. The second-order valence-corrected chi connectivity index (χ2v) is 9.71. The number of benzene rings is 1. The molecule has 1 saturated heterocycles. The van der Waals surface area contributed by atoms with E-state index in [-0.39, 0.29) is 22.6 Å². The van der Waals surface area contributed by atoms with Crippen molar-refractivity contribution in [2.24, 2.45) is 0 Å². The zero-order chi connectivity index (χ0) is 21.3. The van der Waals surface area contributed by atoms with Gasteiger partial charge >= 0.3 is 0 Å². The van der Waals surface area contributed by atoms with Gasteiger partial charge in [0, 0.05) is 25.3 Å². The number of nitrogens with zero attached hydrogens (tertiary/aromatic N) is 5. The first-order valence-electron chi connectivity index (χ1n) is 10.1. The third kappa shape index (κ3) is 3.81. The van der Waals surface area contributed by atoms with E-state index in [1.54, 1.807) is 0 Å². The third-order valence-corrected chi connectivity index (χ3v) is 6.92. The summed E-state index contributed by atoms with van der Waals surface area (Å²) in [5.74, 6) is 0.317. The number of carbonyl (C=O) groups is 1. The number of aromatic nitrogens is 4. The van der Waals surface area contributed by atoms with E-state index >= 15 is 0 Å². The molecule has 0 saturated carbocycles. The van der Waals surface area contributed by atoms with Crippen LogP contribution < -0.4 is 0 Å². The van der Waals surface area contributed by atoms with Crippen LogP contribution in [0.5, 0.6) is 0 Å². The highest BCUT2D eigenvalue weighted by Crippen LogP contribution is 2.33. The molecule has 2 aromatic heterocycles. The van der Waals surface area contributed by atoms with Gasteiger partial charge in [-0.15, -0.1) is 0 Å². The van der Waals surface area contributed by atoms with Crippen LogP contribution in [0.1, 0.15) is 49.3 Å². The first-order chi connectivity index (χ1) is 14.4. The van der Waals surface area contributed by atoms with Crippen molar-refractivity contribution in [1.29, 1.82) is 0 Å². The summed E-state index contributed by atoms with van der Waals surface area (Å²) in [6, 6.07) is 9.85. The number of carbonyl (C=O) groups excluding carboxylic acids is 1. The van der Waals surface area contributed by atoms with Gasteiger partial charge in [0.1, 0.15) is 11.2 Å². The molecule has 1 aliphatic rings. The first-order valence-corrected chi connectivity index (χ1v) is 12.0. The molecule has 30 heavy (non-hydrogen) atoms. The average molecular weight is 428 g/mol. The number of hydrogen-bond acceptors (Lipinski definition) is 6. The molecule has 1 aliphatic heterocycles. The van der Waals surface area contributed by atoms with E-state index in [0.29, 0.717) is 37.4 Å². The molecular formula is C21H25N5O3S. The van der Waals surface area contributed by atoms with E-state index in [1.807, 2.05) is 42.2 Å². The van der Waals surface area contributed by atoms with E-state index < -0.39 is 9.84 Å². The van der Waals surface area contributed by atoms with E-state index in [9.17, 15) is 13.2 Å². The summed E-state index contributed by atoms with van der Waals surface area (Å²) in [6.45, 7) is 3.18. The highest BCUT2D eigenvalue weighted by molar-refractivity contribution is 7.90. The second-order valence-electron chi connectivity index (χ2n) is 7.72. The Morgan fingerprint density at radius 1 is 1.17 bits per heavy atom. The molecule has 3 aromatic rings. The summed E-state index contributed by atoms with van der Waals surface area (Å²) in [6.07, 6.45) is 6.00. The molecule has 0 N–H and O–H groups in total. The van der Waals surface area contributed by atoms with Crippen molar-refractivity contribution in [3.63, 3.8) is 0 Å². The summed E-state index contributed by atoms with van der Waals surface area (Å²) >= 11 is 0. The monoisotopic (exact) mass is 427 g/mol. The van der Waals surface area contributed by atoms with Crippen molar-refractivity contribution < 1.29 is 13.2 Å². The highest BCUT2D eigenvalue weighted by atomic mass is 32.2. The normalized spacial score (nSPS) is 16.7. The number of rotatable bonds is 5. The van der Waals surface area contributed by atoms with Gasteiger partial charge in [0.05, 0.1) is 17.8 Å². The quantitative estimate of drug-likeness (QED) is 0.620. The fourth-order valence-corrected chi connectivity index (χ4v) is 5.15. The van der Waals surface area contributed by atoms with Crippen molar-refractivity contribution in [2.75, 3.05) is 19.3 Å². The minimum atomic E-state index is -3.47. The molecule has 1 atom stereocenters. The summed E-state index contributed by atoms with van der Waals surface area (Å²) in [4.78, 5) is 23.5. The lowest BCUT2D eigenvalue weighted by Crippen LogP contribution is -2.41. The van der Waals surface area contributed by atoms with Crippen LogP contribution in [0.25, 0.3) is 5.78 Å². The summed E-state index contributed by atoms with van der Waals surface area (Å²) < 4.78 is 26.2. The van der Waals surface area contributed by atoms with Crippen LogP contribution >= 0.6 is 0 Å². The lowest BCUT2D eigenvalue weighted by atomic mass is 9.90. The summed E-state index contributed by atoms with van der Waals surface area (Å²) in [7, 11) is -3.47. The second kappa shape index (κ2) is 8.14. The lowest BCUT2D eigenvalue weighted by Gasteiger charge is -2.34. The molecule has 1 amide bonds. The number of sulfone groups is 1. The lowest BCUT2D eigenvalue weighted by molar-refractivity contribution is -0.134. The van der Waals surface area contributed by atoms with Gasteiger partial charge in [-0.2, -0.15) is 14.6 Å². The van der Waals surface area contributed by atoms with Crippen molar-refractivity contribution in [3.05, 3.63) is 54.1 Å². The van der Waals surface area contributed by atoms with E-state index in [4.69, 9.17) is 0 Å². The van der Waals surface area contributed by atoms with Gasteiger partial charge in [0.25, 0.3) is 5.78 Å². The van der Waals surface area contributed by atoms with Crippen LogP contribution in [0.3, 0.4) is 0 Å². The van der Waals surface area contributed by atoms with Crippen LogP contribution in [0.15, 0.2) is 47.8 Å². The number of piperidine rings is 1. The molecule has 0 unspecified atom stereocenters. The standard InChI is InChI=1S/C21H25N5O3S/c1-3-17(15-7-5-4-6-8-15)20(27)25-11-9-16(10-12-25)19-18(30(2,28)29)13-22-21-23-14-24-26(19)21/h4-8,13-14,16-17H,3,9-12H2,1-2H3/t17-/m1/s1. The van der Waals surface area contributed by atoms with Crippen LogP contribution in [-0.2, 0) is 14.6 Å². The molecule has 4 rings (SSSR count). The van der Waals surface area contributed by atoms with Crippen LogP contribution in [0.2, 0.25) is 0 Å². The van der Waals surface area contributed by atoms with Crippen molar-refractivity contribution in [3.8, 4) is 0 Å². The van der Waals surface area contributed by atoms with Gasteiger partial charge in [-0.25, -0.2) is 13.4 Å². The van der Waals surface area contributed by atoms with E-state index in [1.165, 1.54) is 23.3 Å². The third-order valence-electron chi connectivity index (χ3n) is 5.81. The smallest absolute Gasteiger partial charge is 0.252 e. The van der Waals surface area contributed by atoms with Gasteiger partial charge in [-0.05, 0) is 24.8 Å². The minimum Gasteiger partial charge on any atom is -0.342 e. The van der Waals surface area contributed by atoms with Gasteiger partial charge < -0.3 is 4.90 Å². The van der Waals surface area contributed by atoms with Crippen LogP contribution in [0.4, 0.5) is 0 Å². The number of hydrogen-bond donors (Lipinski definition) is 0.